The molecule has 0 aliphatic rings. The summed E-state index contributed by atoms with van der Waals surface area (Å²) in [5.74, 6) is 0. The third kappa shape index (κ3) is 2.89. The van der Waals surface area contributed by atoms with Gasteiger partial charge in [0.05, 0.1) is 6.61 Å². The fourth-order valence-corrected chi connectivity index (χ4v) is 1.96. The minimum atomic E-state index is 0.0566. The maximum Gasteiger partial charge on any atom is 0.0604 e. The molecule has 0 heterocycles. The van der Waals surface area contributed by atoms with Crippen molar-refractivity contribution in [3.63, 3.8) is 0 Å². The molecule has 0 bridgehead atoms. The molecular weight excluding hydrogens is 240 g/mol. The first-order valence-electron chi connectivity index (χ1n) is 6.01. The second-order valence-electron chi connectivity index (χ2n) is 4.30. The molecule has 0 saturated heterocycles. The van der Waals surface area contributed by atoms with Crippen molar-refractivity contribution in [3.05, 3.63) is 36.4 Å². The lowest BCUT2D eigenvalue weighted by molar-refractivity contribution is 0.311. The van der Waals surface area contributed by atoms with Crippen LogP contribution in [0.2, 0.25) is 0 Å². The van der Waals surface area contributed by atoms with Crippen molar-refractivity contribution >= 4 is 22.7 Å². The number of hydrogen-bond donors (Lipinski definition) is 5. The number of hydrogen-bond acceptors (Lipinski definition) is 5. The third-order valence-corrected chi connectivity index (χ3v) is 2.84. The standard InChI is InChI=1S/C14H18N4O/c15-9-2-4-14(18-5-6-19)12(7-9)11-3-1-10(16)8-13(11)17/h1-4,7-8,18-19H,5-6,15-17H2. The Morgan fingerprint density at radius 3 is 2.26 bits per heavy atom. The van der Waals surface area contributed by atoms with Crippen LogP contribution >= 0.6 is 0 Å². The van der Waals surface area contributed by atoms with E-state index in [0.29, 0.717) is 23.6 Å². The van der Waals surface area contributed by atoms with Crippen LogP contribution in [0.3, 0.4) is 0 Å². The zero-order valence-corrected chi connectivity index (χ0v) is 10.6. The summed E-state index contributed by atoms with van der Waals surface area (Å²) in [5.41, 5.74) is 22.0. The normalized spacial score (nSPS) is 10.4. The van der Waals surface area contributed by atoms with Crippen LogP contribution in [0, 0.1) is 0 Å². The molecule has 0 aliphatic heterocycles. The van der Waals surface area contributed by atoms with Gasteiger partial charge < -0.3 is 27.6 Å². The van der Waals surface area contributed by atoms with Crippen LogP contribution in [0.15, 0.2) is 36.4 Å². The van der Waals surface area contributed by atoms with E-state index < -0.39 is 0 Å². The van der Waals surface area contributed by atoms with Gasteiger partial charge in [-0.25, -0.2) is 0 Å². The number of nitrogens with two attached hydrogens (primary N) is 3. The fraction of sp³-hybridized carbons (Fsp3) is 0.143. The van der Waals surface area contributed by atoms with Gasteiger partial charge in [-0.05, 0) is 30.3 Å². The van der Waals surface area contributed by atoms with E-state index in [9.17, 15) is 0 Å². The Balaban J connectivity index is 2.49. The molecular formula is C14H18N4O. The third-order valence-electron chi connectivity index (χ3n) is 2.84. The molecule has 5 heteroatoms. The van der Waals surface area contributed by atoms with Crippen LogP contribution in [0.1, 0.15) is 0 Å². The highest BCUT2D eigenvalue weighted by molar-refractivity contribution is 5.88. The topological polar surface area (TPSA) is 110 Å². The molecule has 2 aromatic carbocycles. The number of aliphatic hydroxyl groups is 1. The maximum atomic E-state index is 8.91. The van der Waals surface area contributed by atoms with Crippen LogP contribution in [-0.4, -0.2) is 18.3 Å². The van der Waals surface area contributed by atoms with Gasteiger partial charge in [0.25, 0.3) is 0 Å². The summed E-state index contributed by atoms with van der Waals surface area (Å²) in [5, 5.41) is 12.0. The van der Waals surface area contributed by atoms with Crippen molar-refractivity contribution in [2.45, 2.75) is 0 Å². The van der Waals surface area contributed by atoms with Crippen LogP contribution < -0.4 is 22.5 Å². The Labute approximate surface area is 112 Å². The molecule has 0 radical (unpaired) electrons. The first kappa shape index (κ1) is 13.0. The van der Waals surface area contributed by atoms with Gasteiger partial charge in [0.2, 0.25) is 0 Å². The molecule has 0 aliphatic carbocycles. The fourth-order valence-electron chi connectivity index (χ4n) is 1.96. The summed E-state index contributed by atoms with van der Waals surface area (Å²) in [6.45, 7) is 0.521. The number of aliphatic hydroxyl groups excluding tert-OH is 1. The number of nitrogens with one attached hydrogen (secondary N) is 1. The molecule has 0 amide bonds. The van der Waals surface area contributed by atoms with Crippen molar-refractivity contribution < 1.29 is 5.11 Å². The predicted molar refractivity (Wildman–Crippen MR) is 80.7 cm³/mol. The predicted octanol–water partition coefficient (Wildman–Crippen LogP) is 1.50. The smallest absolute Gasteiger partial charge is 0.0604 e. The number of nitrogen functional groups attached to an aromatic ring is 3. The molecule has 0 aromatic heterocycles. The lowest BCUT2D eigenvalue weighted by Gasteiger charge is -2.14. The van der Waals surface area contributed by atoms with Crippen molar-refractivity contribution in [3.8, 4) is 11.1 Å². The minimum Gasteiger partial charge on any atom is -0.399 e. The zero-order chi connectivity index (χ0) is 13.8. The summed E-state index contributed by atoms with van der Waals surface area (Å²) in [4.78, 5) is 0. The van der Waals surface area contributed by atoms with Crippen LogP contribution in [-0.2, 0) is 0 Å². The second kappa shape index (κ2) is 5.49. The van der Waals surface area contributed by atoms with Gasteiger partial charge in [-0.1, -0.05) is 6.07 Å². The summed E-state index contributed by atoms with van der Waals surface area (Å²) in [6, 6.07) is 10.9. The first-order valence-corrected chi connectivity index (χ1v) is 6.01. The molecule has 100 valence electrons. The quantitative estimate of drug-likeness (QED) is 0.534. The Morgan fingerprint density at radius 1 is 0.895 bits per heavy atom. The number of rotatable bonds is 4. The van der Waals surface area contributed by atoms with E-state index in [1.165, 1.54) is 0 Å². The largest absolute Gasteiger partial charge is 0.399 e. The van der Waals surface area contributed by atoms with Gasteiger partial charge in [0, 0.05) is 40.4 Å². The summed E-state index contributed by atoms with van der Waals surface area (Å²) < 4.78 is 0. The van der Waals surface area contributed by atoms with E-state index >= 15 is 0 Å². The molecule has 19 heavy (non-hydrogen) atoms. The van der Waals surface area contributed by atoms with E-state index in [2.05, 4.69) is 5.32 Å². The van der Waals surface area contributed by atoms with Gasteiger partial charge in [0.1, 0.15) is 0 Å². The molecule has 0 atom stereocenters. The summed E-state index contributed by atoms with van der Waals surface area (Å²) in [7, 11) is 0. The summed E-state index contributed by atoms with van der Waals surface area (Å²) >= 11 is 0. The van der Waals surface area contributed by atoms with Crippen molar-refractivity contribution in [1.82, 2.24) is 0 Å². The van der Waals surface area contributed by atoms with Crippen molar-refractivity contribution in [2.24, 2.45) is 0 Å². The van der Waals surface area contributed by atoms with Crippen LogP contribution in [0.4, 0.5) is 22.7 Å². The van der Waals surface area contributed by atoms with Crippen molar-refractivity contribution in [1.29, 1.82) is 0 Å². The SMILES string of the molecule is Nc1ccc(-c2cc(N)ccc2NCCO)c(N)c1. The van der Waals surface area contributed by atoms with E-state index in [0.717, 1.165) is 16.8 Å². The Kier molecular flexibility index (Phi) is 3.77. The number of benzene rings is 2. The molecule has 2 aromatic rings. The molecule has 2 rings (SSSR count). The van der Waals surface area contributed by atoms with E-state index in [1.807, 2.05) is 18.2 Å². The maximum absolute atomic E-state index is 8.91. The number of anilines is 4. The molecule has 0 fully saturated rings. The Bertz CT molecular complexity index is 584. The van der Waals surface area contributed by atoms with Gasteiger partial charge in [-0.3, -0.25) is 0 Å². The van der Waals surface area contributed by atoms with Crippen molar-refractivity contribution in [2.75, 3.05) is 35.7 Å². The zero-order valence-electron chi connectivity index (χ0n) is 10.6. The van der Waals surface area contributed by atoms with Gasteiger partial charge in [-0.2, -0.15) is 0 Å². The lowest BCUT2D eigenvalue weighted by Crippen LogP contribution is -2.07. The van der Waals surface area contributed by atoms with Crippen LogP contribution in [0.5, 0.6) is 0 Å². The highest BCUT2D eigenvalue weighted by atomic mass is 16.3. The summed E-state index contributed by atoms with van der Waals surface area (Å²) in [6.07, 6.45) is 0. The van der Waals surface area contributed by atoms with E-state index in [-0.39, 0.29) is 6.61 Å². The first-order chi connectivity index (χ1) is 9.11. The molecule has 0 saturated carbocycles. The highest BCUT2D eigenvalue weighted by Gasteiger charge is 2.09. The molecule has 5 nitrogen and oxygen atoms in total. The van der Waals surface area contributed by atoms with Gasteiger partial charge >= 0.3 is 0 Å². The molecule has 0 unspecified atom stereocenters. The van der Waals surface area contributed by atoms with E-state index in [4.69, 9.17) is 22.3 Å². The van der Waals surface area contributed by atoms with Crippen LogP contribution in [0.25, 0.3) is 11.1 Å². The van der Waals surface area contributed by atoms with E-state index in [1.54, 1.807) is 18.2 Å². The second-order valence-corrected chi connectivity index (χ2v) is 4.30. The highest BCUT2D eigenvalue weighted by Crippen LogP contribution is 2.34. The van der Waals surface area contributed by atoms with Gasteiger partial charge in [0.15, 0.2) is 0 Å². The molecule has 8 N–H and O–H groups in total. The Morgan fingerprint density at radius 2 is 1.58 bits per heavy atom. The van der Waals surface area contributed by atoms with Gasteiger partial charge in [-0.15, -0.1) is 0 Å². The monoisotopic (exact) mass is 258 g/mol. The average Bonchev–Trinajstić information content (AvgIpc) is 2.37. The minimum absolute atomic E-state index is 0.0566. The average molecular weight is 258 g/mol. The molecule has 0 spiro atoms. The Hall–Kier alpha value is -2.40. The lowest BCUT2D eigenvalue weighted by atomic mass is 10.0.